The summed E-state index contributed by atoms with van der Waals surface area (Å²) in [5, 5.41) is 0.704. The van der Waals surface area contributed by atoms with Crippen molar-refractivity contribution in [3.63, 3.8) is 0 Å². The standard InChI is InChI=1S/C16H13Br2NO/c1-16(10-17)13-9-12(18)7-8-14(13)19-15(20-16)11-5-3-2-4-6-11/h2-9H,10H2,1H3. The Labute approximate surface area is 135 Å². The minimum Gasteiger partial charge on any atom is -0.465 e. The van der Waals surface area contributed by atoms with Crippen LogP contribution in [0.1, 0.15) is 18.1 Å². The quantitative estimate of drug-likeness (QED) is 0.644. The zero-order valence-corrected chi connectivity index (χ0v) is 14.1. The maximum Gasteiger partial charge on any atom is 0.222 e. The number of aliphatic imine (C=N–C) groups is 1. The van der Waals surface area contributed by atoms with Gasteiger partial charge in [-0.2, -0.15) is 0 Å². The zero-order valence-electron chi connectivity index (χ0n) is 10.9. The fourth-order valence-electron chi connectivity index (χ4n) is 2.23. The highest BCUT2D eigenvalue weighted by Gasteiger charge is 2.35. The largest absolute Gasteiger partial charge is 0.465 e. The third kappa shape index (κ3) is 2.42. The molecular formula is C16H13Br2NO. The molecule has 0 aliphatic carbocycles. The molecule has 102 valence electrons. The first kappa shape index (κ1) is 13.8. The molecule has 2 nitrogen and oxygen atoms in total. The molecule has 0 amide bonds. The number of alkyl halides is 1. The van der Waals surface area contributed by atoms with Crippen LogP contribution in [0.15, 0.2) is 58.0 Å². The maximum absolute atomic E-state index is 6.17. The van der Waals surface area contributed by atoms with Crippen molar-refractivity contribution in [3.8, 4) is 0 Å². The minimum atomic E-state index is -0.425. The van der Waals surface area contributed by atoms with E-state index in [-0.39, 0.29) is 0 Å². The number of rotatable bonds is 2. The Morgan fingerprint density at radius 2 is 1.90 bits per heavy atom. The minimum absolute atomic E-state index is 0.425. The molecule has 1 aliphatic rings. The van der Waals surface area contributed by atoms with Gasteiger partial charge < -0.3 is 4.74 Å². The molecule has 1 atom stereocenters. The van der Waals surface area contributed by atoms with E-state index in [0.717, 1.165) is 21.3 Å². The van der Waals surface area contributed by atoms with Gasteiger partial charge in [-0.05, 0) is 37.3 Å². The average molecular weight is 395 g/mol. The van der Waals surface area contributed by atoms with Gasteiger partial charge in [0.1, 0.15) is 5.60 Å². The van der Waals surface area contributed by atoms with Crippen molar-refractivity contribution in [1.82, 2.24) is 0 Å². The molecule has 0 bridgehead atoms. The lowest BCUT2D eigenvalue weighted by atomic mass is 9.94. The van der Waals surface area contributed by atoms with Crippen LogP contribution in [-0.4, -0.2) is 11.2 Å². The summed E-state index contributed by atoms with van der Waals surface area (Å²) >= 11 is 7.08. The van der Waals surface area contributed by atoms with Gasteiger partial charge in [-0.25, -0.2) is 4.99 Å². The van der Waals surface area contributed by atoms with Gasteiger partial charge in [-0.15, -0.1) is 0 Å². The number of halogens is 2. The van der Waals surface area contributed by atoms with E-state index in [1.807, 2.05) is 42.5 Å². The van der Waals surface area contributed by atoms with Crippen LogP contribution >= 0.6 is 31.9 Å². The van der Waals surface area contributed by atoms with Crippen molar-refractivity contribution in [2.24, 2.45) is 4.99 Å². The number of hydrogen-bond donors (Lipinski definition) is 0. The number of benzene rings is 2. The SMILES string of the molecule is CC1(CBr)OC(c2ccccc2)=Nc2ccc(Br)cc21. The fraction of sp³-hybridized carbons (Fsp3) is 0.188. The predicted molar refractivity (Wildman–Crippen MR) is 89.0 cm³/mol. The van der Waals surface area contributed by atoms with Crippen molar-refractivity contribution in [1.29, 1.82) is 0 Å². The summed E-state index contributed by atoms with van der Waals surface area (Å²) in [6.07, 6.45) is 0. The molecule has 3 rings (SSSR count). The Kier molecular flexibility index (Phi) is 3.69. The molecule has 0 saturated heterocycles. The summed E-state index contributed by atoms with van der Waals surface area (Å²) in [5.74, 6) is 0.669. The van der Waals surface area contributed by atoms with Gasteiger partial charge in [-0.1, -0.05) is 50.1 Å². The van der Waals surface area contributed by atoms with Gasteiger partial charge in [0.25, 0.3) is 0 Å². The zero-order chi connectivity index (χ0) is 14.2. The van der Waals surface area contributed by atoms with E-state index in [1.165, 1.54) is 0 Å². The van der Waals surface area contributed by atoms with Gasteiger partial charge in [0.2, 0.25) is 5.90 Å². The number of fused-ring (bicyclic) bond motifs is 1. The molecule has 20 heavy (non-hydrogen) atoms. The normalized spacial score (nSPS) is 20.9. The van der Waals surface area contributed by atoms with E-state index in [9.17, 15) is 0 Å². The molecule has 0 saturated carbocycles. The van der Waals surface area contributed by atoms with Gasteiger partial charge in [0.15, 0.2) is 0 Å². The Morgan fingerprint density at radius 3 is 2.60 bits per heavy atom. The third-order valence-corrected chi connectivity index (χ3v) is 4.91. The highest BCUT2D eigenvalue weighted by Crippen LogP contribution is 2.41. The first-order chi connectivity index (χ1) is 9.62. The lowest BCUT2D eigenvalue weighted by molar-refractivity contribution is 0.0979. The molecular weight excluding hydrogens is 382 g/mol. The molecule has 0 aromatic heterocycles. The molecule has 0 fully saturated rings. The van der Waals surface area contributed by atoms with Crippen LogP contribution in [0.25, 0.3) is 0 Å². The molecule has 0 spiro atoms. The Balaban J connectivity index is 2.15. The molecule has 0 radical (unpaired) electrons. The fourth-order valence-corrected chi connectivity index (χ4v) is 3.01. The summed E-state index contributed by atoms with van der Waals surface area (Å²) in [5.41, 5.74) is 2.61. The van der Waals surface area contributed by atoms with Crippen molar-refractivity contribution < 1.29 is 4.74 Å². The van der Waals surface area contributed by atoms with Gasteiger partial charge in [0, 0.05) is 20.9 Å². The lowest BCUT2D eigenvalue weighted by Gasteiger charge is -2.34. The summed E-state index contributed by atoms with van der Waals surface area (Å²) in [7, 11) is 0. The highest BCUT2D eigenvalue weighted by molar-refractivity contribution is 9.10. The number of nitrogens with zero attached hydrogens (tertiary/aromatic N) is 1. The first-order valence-corrected chi connectivity index (χ1v) is 8.23. The second-order valence-electron chi connectivity index (χ2n) is 4.91. The van der Waals surface area contributed by atoms with E-state index in [1.54, 1.807) is 0 Å². The van der Waals surface area contributed by atoms with Gasteiger partial charge in [0.05, 0.1) is 5.69 Å². The van der Waals surface area contributed by atoms with E-state index in [4.69, 9.17) is 4.74 Å². The molecule has 1 aliphatic heterocycles. The molecule has 2 aromatic rings. The van der Waals surface area contributed by atoms with Crippen LogP contribution in [0.5, 0.6) is 0 Å². The predicted octanol–water partition coefficient (Wildman–Crippen LogP) is 5.17. The van der Waals surface area contributed by atoms with Crippen LogP contribution < -0.4 is 0 Å². The monoisotopic (exact) mass is 393 g/mol. The lowest BCUT2D eigenvalue weighted by Crippen LogP contribution is -2.34. The molecule has 0 N–H and O–H groups in total. The van der Waals surface area contributed by atoms with E-state index in [2.05, 4.69) is 49.8 Å². The van der Waals surface area contributed by atoms with E-state index in [0.29, 0.717) is 11.2 Å². The molecule has 2 aromatic carbocycles. The smallest absolute Gasteiger partial charge is 0.222 e. The Hall–Kier alpha value is -1.13. The molecule has 1 unspecified atom stereocenters. The second-order valence-corrected chi connectivity index (χ2v) is 6.39. The van der Waals surface area contributed by atoms with E-state index >= 15 is 0 Å². The molecule has 4 heteroatoms. The molecule has 1 heterocycles. The Bertz CT molecular complexity index is 669. The number of hydrogen-bond acceptors (Lipinski definition) is 2. The van der Waals surface area contributed by atoms with Crippen LogP contribution in [-0.2, 0) is 10.3 Å². The van der Waals surface area contributed by atoms with E-state index < -0.39 is 5.60 Å². The second kappa shape index (κ2) is 5.34. The van der Waals surface area contributed by atoms with Crippen molar-refractivity contribution in [2.45, 2.75) is 12.5 Å². The average Bonchev–Trinajstić information content (AvgIpc) is 2.49. The van der Waals surface area contributed by atoms with Crippen LogP contribution in [0.4, 0.5) is 5.69 Å². The third-order valence-electron chi connectivity index (χ3n) is 3.35. The summed E-state index contributed by atoms with van der Waals surface area (Å²) in [6, 6.07) is 16.1. The van der Waals surface area contributed by atoms with Crippen molar-refractivity contribution in [2.75, 3.05) is 5.33 Å². The van der Waals surface area contributed by atoms with Crippen LogP contribution in [0, 0.1) is 0 Å². The van der Waals surface area contributed by atoms with Crippen molar-refractivity contribution in [3.05, 3.63) is 64.1 Å². The summed E-state index contributed by atoms with van der Waals surface area (Å²) in [4.78, 5) is 4.65. The van der Waals surface area contributed by atoms with Crippen LogP contribution in [0.3, 0.4) is 0 Å². The summed E-state index contributed by atoms with van der Waals surface area (Å²) < 4.78 is 7.21. The van der Waals surface area contributed by atoms with Crippen molar-refractivity contribution >= 4 is 43.4 Å². The van der Waals surface area contributed by atoms with Gasteiger partial charge in [-0.3, -0.25) is 0 Å². The highest BCUT2D eigenvalue weighted by atomic mass is 79.9. The topological polar surface area (TPSA) is 21.6 Å². The maximum atomic E-state index is 6.17. The number of ether oxygens (including phenoxy) is 1. The first-order valence-electron chi connectivity index (χ1n) is 6.31. The van der Waals surface area contributed by atoms with Gasteiger partial charge >= 0.3 is 0 Å². The van der Waals surface area contributed by atoms with Crippen LogP contribution in [0.2, 0.25) is 0 Å². The Morgan fingerprint density at radius 1 is 1.15 bits per heavy atom. The summed E-state index contributed by atoms with van der Waals surface area (Å²) in [6.45, 7) is 2.07.